The van der Waals surface area contributed by atoms with Crippen molar-refractivity contribution in [2.24, 2.45) is 5.92 Å². The number of carbonyl (C=O) groups is 1. The van der Waals surface area contributed by atoms with Gasteiger partial charge in [0.15, 0.2) is 0 Å². The number of nitrogens with zero attached hydrogens (tertiary/aromatic N) is 1. The third-order valence-electron chi connectivity index (χ3n) is 2.06. The molecule has 0 amide bonds. The van der Waals surface area contributed by atoms with E-state index in [4.69, 9.17) is 0 Å². The van der Waals surface area contributed by atoms with Crippen molar-refractivity contribution in [1.82, 2.24) is 4.98 Å². The Morgan fingerprint density at radius 2 is 2.21 bits per heavy atom. The summed E-state index contributed by atoms with van der Waals surface area (Å²) in [4.78, 5) is 15.6. The second kappa shape index (κ2) is 5.25. The molecule has 2 nitrogen and oxygen atoms in total. The van der Waals surface area contributed by atoms with Crippen molar-refractivity contribution in [2.45, 2.75) is 26.7 Å². The lowest BCUT2D eigenvalue weighted by Gasteiger charge is -2.03. The first-order chi connectivity index (χ1) is 6.59. The van der Waals surface area contributed by atoms with Crippen LogP contribution in [0.4, 0.5) is 0 Å². The average Bonchev–Trinajstić information content (AvgIpc) is 2.16. The molecule has 76 valence electrons. The fourth-order valence-corrected chi connectivity index (χ4v) is 1.33. The maximum Gasteiger partial charge on any atom is 0.135 e. The molecular formula is C11H14BrNO. The van der Waals surface area contributed by atoms with Crippen LogP contribution in [0.3, 0.4) is 0 Å². The number of halogens is 1. The summed E-state index contributed by atoms with van der Waals surface area (Å²) in [6.07, 6.45) is 3.09. The molecule has 1 heterocycles. The Hall–Kier alpha value is -0.700. The summed E-state index contributed by atoms with van der Waals surface area (Å²) in [5, 5.41) is 0. The van der Waals surface area contributed by atoms with Crippen LogP contribution in [0.1, 0.15) is 26.0 Å². The lowest BCUT2D eigenvalue weighted by molar-refractivity contribution is -0.121. The normalized spacial score (nSPS) is 10.6. The third-order valence-corrected chi connectivity index (χ3v) is 2.53. The Morgan fingerprint density at radius 3 is 2.71 bits per heavy atom. The average molecular weight is 256 g/mol. The van der Waals surface area contributed by atoms with Gasteiger partial charge in [-0.05, 0) is 34.5 Å². The first-order valence-electron chi connectivity index (χ1n) is 4.72. The van der Waals surface area contributed by atoms with E-state index < -0.39 is 0 Å². The van der Waals surface area contributed by atoms with Gasteiger partial charge in [0.2, 0.25) is 0 Å². The first-order valence-corrected chi connectivity index (χ1v) is 5.52. The predicted octanol–water partition coefficient (Wildman–Crippen LogP) is 3.00. The largest absolute Gasteiger partial charge is 0.299 e. The number of ketones is 1. The van der Waals surface area contributed by atoms with Crippen LogP contribution in [0.5, 0.6) is 0 Å². The molecule has 0 radical (unpaired) electrons. The highest BCUT2D eigenvalue weighted by atomic mass is 79.9. The first kappa shape index (κ1) is 11.4. The Bertz CT molecular complexity index is 306. The van der Waals surface area contributed by atoms with E-state index in [9.17, 15) is 4.79 Å². The van der Waals surface area contributed by atoms with Gasteiger partial charge >= 0.3 is 0 Å². The number of hydrogen-bond acceptors (Lipinski definition) is 2. The molecule has 0 atom stereocenters. The fraction of sp³-hybridized carbons (Fsp3) is 0.455. The van der Waals surface area contributed by atoms with Crippen molar-refractivity contribution in [3.05, 3.63) is 28.5 Å². The van der Waals surface area contributed by atoms with Gasteiger partial charge in [0.05, 0.1) is 0 Å². The van der Waals surface area contributed by atoms with E-state index in [0.717, 1.165) is 16.6 Å². The molecule has 14 heavy (non-hydrogen) atoms. The summed E-state index contributed by atoms with van der Waals surface area (Å²) in [7, 11) is 0. The zero-order valence-corrected chi connectivity index (χ0v) is 10.0. The second-order valence-corrected chi connectivity index (χ2v) is 4.50. The molecule has 0 saturated heterocycles. The van der Waals surface area contributed by atoms with Gasteiger partial charge in [-0.15, -0.1) is 0 Å². The minimum atomic E-state index is 0.130. The van der Waals surface area contributed by atoms with E-state index in [0.29, 0.717) is 12.2 Å². The Labute approximate surface area is 92.9 Å². The summed E-state index contributed by atoms with van der Waals surface area (Å²) in [6.45, 7) is 3.86. The van der Waals surface area contributed by atoms with E-state index in [1.807, 2.05) is 26.0 Å². The van der Waals surface area contributed by atoms with Gasteiger partial charge in [0.1, 0.15) is 5.78 Å². The fourth-order valence-electron chi connectivity index (χ4n) is 1.09. The Morgan fingerprint density at radius 1 is 1.50 bits per heavy atom. The van der Waals surface area contributed by atoms with Gasteiger partial charge in [0, 0.05) is 28.7 Å². The van der Waals surface area contributed by atoms with E-state index in [2.05, 4.69) is 20.9 Å². The molecule has 0 unspecified atom stereocenters. The van der Waals surface area contributed by atoms with Crippen LogP contribution in [-0.2, 0) is 11.2 Å². The summed E-state index contributed by atoms with van der Waals surface area (Å²) in [6, 6.07) is 3.89. The molecule has 1 rings (SSSR count). The van der Waals surface area contributed by atoms with Crippen molar-refractivity contribution in [2.75, 3.05) is 0 Å². The molecule has 1 aromatic rings. The highest BCUT2D eigenvalue weighted by molar-refractivity contribution is 9.10. The van der Waals surface area contributed by atoms with Crippen LogP contribution in [0.15, 0.2) is 22.8 Å². The lowest BCUT2D eigenvalue weighted by atomic mass is 10.0. The van der Waals surface area contributed by atoms with E-state index in [1.54, 1.807) is 6.20 Å². The number of rotatable bonds is 4. The highest BCUT2D eigenvalue weighted by Gasteiger charge is 2.07. The molecule has 0 fully saturated rings. The van der Waals surface area contributed by atoms with Crippen molar-refractivity contribution < 1.29 is 4.79 Å². The zero-order valence-electron chi connectivity index (χ0n) is 8.46. The topological polar surface area (TPSA) is 30.0 Å². The van der Waals surface area contributed by atoms with Gasteiger partial charge < -0.3 is 0 Å². The van der Waals surface area contributed by atoms with E-state index in [1.165, 1.54) is 0 Å². The SMILES string of the molecule is CC(C)C(=O)CCc1ccc(Br)cn1. The molecule has 0 N–H and O–H groups in total. The molecule has 0 bridgehead atoms. The summed E-state index contributed by atoms with van der Waals surface area (Å²) < 4.78 is 0.969. The van der Waals surface area contributed by atoms with Crippen LogP contribution in [0, 0.1) is 5.92 Å². The van der Waals surface area contributed by atoms with Crippen molar-refractivity contribution in [1.29, 1.82) is 0 Å². The number of Topliss-reactive ketones (excluding diaryl/α,β-unsaturated/α-hetero) is 1. The van der Waals surface area contributed by atoms with Crippen molar-refractivity contribution in [3.63, 3.8) is 0 Å². The maximum absolute atomic E-state index is 11.3. The molecule has 0 aliphatic heterocycles. The number of aryl methyl sites for hydroxylation is 1. The van der Waals surface area contributed by atoms with Gasteiger partial charge in [-0.1, -0.05) is 13.8 Å². The van der Waals surface area contributed by atoms with Gasteiger partial charge in [-0.25, -0.2) is 0 Å². The monoisotopic (exact) mass is 255 g/mol. The molecule has 0 spiro atoms. The molecule has 0 saturated carbocycles. The number of carbonyl (C=O) groups excluding carboxylic acids is 1. The predicted molar refractivity (Wildman–Crippen MR) is 60.1 cm³/mol. The molecule has 3 heteroatoms. The van der Waals surface area contributed by atoms with Crippen LogP contribution in [-0.4, -0.2) is 10.8 Å². The quantitative estimate of drug-likeness (QED) is 0.828. The third kappa shape index (κ3) is 3.58. The molecule has 0 aromatic carbocycles. The molecule has 1 aromatic heterocycles. The molecule has 0 aliphatic carbocycles. The maximum atomic E-state index is 11.3. The Kier molecular flexibility index (Phi) is 4.26. The summed E-state index contributed by atoms with van der Waals surface area (Å²) in [5.41, 5.74) is 0.974. The van der Waals surface area contributed by atoms with Gasteiger partial charge in [-0.3, -0.25) is 9.78 Å². The smallest absolute Gasteiger partial charge is 0.135 e. The van der Waals surface area contributed by atoms with Crippen LogP contribution >= 0.6 is 15.9 Å². The minimum Gasteiger partial charge on any atom is -0.299 e. The minimum absolute atomic E-state index is 0.130. The second-order valence-electron chi connectivity index (χ2n) is 3.59. The van der Waals surface area contributed by atoms with Crippen LogP contribution in [0.2, 0.25) is 0 Å². The standard InChI is InChI=1S/C11H14BrNO/c1-8(2)11(14)6-5-10-4-3-9(12)7-13-10/h3-4,7-8H,5-6H2,1-2H3. The van der Waals surface area contributed by atoms with Gasteiger partial charge in [0.25, 0.3) is 0 Å². The number of pyridine rings is 1. The summed E-state index contributed by atoms with van der Waals surface area (Å²) in [5.74, 6) is 0.431. The Balaban J connectivity index is 2.46. The molecular weight excluding hydrogens is 242 g/mol. The van der Waals surface area contributed by atoms with Crippen molar-refractivity contribution >= 4 is 21.7 Å². The lowest BCUT2D eigenvalue weighted by Crippen LogP contribution is -2.08. The molecule has 0 aliphatic rings. The number of hydrogen-bond donors (Lipinski definition) is 0. The highest BCUT2D eigenvalue weighted by Crippen LogP contribution is 2.09. The van der Waals surface area contributed by atoms with Crippen molar-refractivity contribution in [3.8, 4) is 0 Å². The van der Waals surface area contributed by atoms with Gasteiger partial charge in [-0.2, -0.15) is 0 Å². The van der Waals surface area contributed by atoms with E-state index in [-0.39, 0.29) is 5.92 Å². The number of aromatic nitrogens is 1. The zero-order chi connectivity index (χ0) is 10.6. The van der Waals surface area contributed by atoms with Crippen LogP contribution < -0.4 is 0 Å². The van der Waals surface area contributed by atoms with E-state index >= 15 is 0 Å². The summed E-state index contributed by atoms with van der Waals surface area (Å²) >= 11 is 3.32. The van der Waals surface area contributed by atoms with Crippen LogP contribution in [0.25, 0.3) is 0 Å².